The summed E-state index contributed by atoms with van der Waals surface area (Å²) in [5, 5.41) is 2.91. The van der Waals surface area contributed by atoms with E-state index in [0.717, 1.165) is 25.1 Å². The predicted octanol–water partition coefficient (Wildman–Crippen LogP) is 4.57. The Morgan fingerprint density at radius 1 is 1.40 bits per heavy atom. The molecule has 1 N–H and O–H groups in total. The molecule has 1 aliphatic heterocycles. The Morgan fingerprint density at radius 2 is 2.08 bits per heavy atom. The van der Waals surface area contributed by atoms with Crippen molar-refractivity contribution in [1.82, 2.24) is 9.88 Å². The molecule has 0 unspecified atom stereocenters. The van der Waals surface area contributed by atoms with Crippen LogP contribution in [-0.4, -0.2) is 40.7 Å². The number of pyridine rings is 1. The fourth-order valence-electron chi connectivity index (χ4n) is 2.48. The lowest BCUT2D eigenvalue weighted by atomic mass is 10.1. The van der Waals surface area contributed by atoms with E-state index < -0.39 is 23.4 Å². The normalized spacial score (nSPS) is 18.8. The third-order valence-electron chi connectivity index (χ3n) is 3.58. The van der Waals surface area contributed by atoms with E-state index in [0.29, 0.717) is 13.1 Å². The van der Waals surface area contributed by atoms with Crippen molar-refractivity contribution in [3.05, 3.63) is 22.8 Å². The summed E-state index contributed by atoms with van der Waals surface area (Å²) in [6, 6.07) is 0.675. The first-order chi connectivity index (χ1) is 11.5. The lowest BCUT2D eigenvalue weighted by Gasteiger charge is -2.34. The molecule has 2 rings (SSSR count). The van der Waals surface area contributed by atoms with Gasteiger partial charge in [0.15, 0.2) is 0 Å². The van der Waals surface area contributed by atoms with E-state index in [4.69, 9.17) is 16.3 Å². The number of nitrogens with one attached hydrogen (secondary N) is 1. The lowest BCUT2D eigenvalue weighted by Crippen LogP contribution is -2.47. The summed E-state index contributed by atoms with van der Waals surface area (Å²) in [5.41, 5.74) is -1.49. The standard InChI is InChI=1S/C16H21ClF3N3O2/c1-15(2,3)25-14(24)23-6-4-5-11(9-23)22-13-12(17)7-10(8-21-13)16(18,19)20/h7-8,11H,4-6,9H2,1-3H3,(H,21,22)/t11-/m0/s1. The lowest BCUT2D eigenvalue weighted by molar-refractivity contribution is -0.137. The van der Waals surface area contributed by atoms with Crippen LogP contribution in [0.1, 0.15) is 39.2 Å². The number of ether oxygens (including phenoxy) is 1. The first kappa shape index (κ1) is 19.6. The minimum atomic E-state index is -4.49. The van der Waals surface area contributed by atoms with Crippen molar-refractivity contribution in [2.75, 3.05) is 18.4 Å². The van der Waals surface area contributed by atoms with Crippen LogP contribution >= 0.6 is 11.6 Å². The summed E-state index contributed by atoms with van der Waals surface area (Å²) < 4.78 is 43.3. The quantitative estimate of drug-likeness (QED) is 0.818. The number of amides is 1. The molecule has 2 heterocycles. The monoisotopic (exact) mass is 379 g/mol. The van der Waals surface area contributed by atoms with Gasteiger partial charge in [-0.25, -0.2) is 9.78 Å². The minimum absolute atomic E-state index is 0.107. The second kappa shape index (κ2) is 7.27. The molecule has 1 fully saturated rings. The van der Waals surface area contributed by atoms with Crippen LogP contribution in [0.3, 0.4) is 0 Å². The largest absolute Gasteiger partial charge is 0.444 e. The number of halogens is 4. The number of hydrogen-bond acceptors (Lipinski definition) is 4. The Bertz CT molecular complexity index is 632. The molecule has 0 bridgehead atoms. The molecular formula is C16H21ClF3N3O2. The molecule has 0 aromatic carbocycles. The number of aromatic nitrogens is 1. The van der Waals surface area contributed by atoms with E-state index in [9.17, 15) is 18.0 Å². The van der Waals surface area contributed by atoms with Gasteiger partial charge in [0.25, 0.3) is 0 Å². The topological polar surface area (TPSA) is 54.5 Å². The van der Waals surface area contributed by atoms with Gasteiger partial charge >= 0.3 is 12.3 Å². The summed E-state index contributed by atoms with van der Waals surface area (Å²) in [6.07, 6.45) is -2.67. The van der Waals surface area contributed by atoms with Crippen molar-refractivity contribution in [3.63, 3.8) is 0 Å². The number of likely N-dealkylation sites (tertiary alicyclic amines) is 1. The van der Waals surface area contributed by atoms with Crippen LogP contribution in [0.5, 0.6) is 0 Å². The molecular weight excluding hydrogens is 359 g/mol. The zero-order valence-electron chi connectivity index (χ0n) is 14.3. The highest BCUT2D eigenvalue weighted by Crippen LogP contribution is 2.32. The Balaban J connectivity index is 2.02. The Morgan fingerprint density at radius 3 is 2.64 bits per heavy atom. The van der Waals surface area contributed by atoms with Crippen LogP contribution in [0, 0.1) is 0 Å². The van der Waals surface area contributed by atoms with E-state index >= 15 is 0 Å². The molecule has 0 aliphatic carbocycles. The average Bonchev–Trinajstić information content (AvgIpc) is 2.47. The number of piperidine rings is 1. The molecule has 1 aromatic heterocycles. The Kier molecular flexibility index (Phi) is 5.71. The molecule has 0 spiro atoms. The molecule has 25 heavy (non-hydrogen) atoms. The summed E-state index contributed by atoms with van der Waals surface area (Å²) in [4.78, 5) is 17.5. The maximum atomic E-state index is 12.7. The summed E-state index contributed by atoms with van der Waals surface area (Å²) in [7, 11) is 0. The average molecular weight is 380 g/mol. The highest BCUT2D eigenvalue weighted by atomic mass is 35.5. The summed E-state index contributed by atoms with van der Waals surface area (Å²) >= 11 is 5.91. The van der Waals surface area contributed by atoms with Crippen LogP contribution in [0.2, 0.25) is 5.02 Å². The van der Waals surface area contributed by atoms with Gasteiger partial charge in [-0.05, 0) is 39.7 Å². The van der Waals surface area contributed by atoms with Crippen molar-refractivity contribution in [2.24, 2.45) is 0 Å². The Hall–Kier alpha value is -1.70. The second-order valence-corrected chi connectivity index (χ2v) is 7.37. The van der Waals surface area contributed by atoms with Gasteiger partial charge in [0.05, 0.1) is 10.6 Å². The summed E-state index contributed by atoms with van der Waals surface area (Å²) in [6.45, 7) is 6.30. The number of anilines is 1. The molecule has 1 aromatic rings. The molecule has 9 heteroatoms. The van der Waals surface area contributed by atoms with Gasteiger partial charge in [0, 0.05) is 25.3 Å². The van der Waals surface area contributed by atoms with Crippen LogP contribution in [0.4, 0.5) is 23.8 Å². The van der Waals surface area contributed by atoms with Gasteiger partial charge in [-0.15, -0.1) is 0 Å². The third kappa shape index (κ3) is 5.66. The fourth-order valence-corrected chi connectivity index (χ4v) is 2.70. The minimum Gasteiger partial charge on any atom is -0.444 e. The van der Waals surface area contributed by atoms with E-state index in [-0.39, 0.29) is 16.9 Å². The number of carbonyl (C=O) groups is 1. The molecule has 0 radical (unpaired) electrons. The molecule has 1 amide bonds. The highest BCUT2D eigenvalue weighted by Gasteiger charge is 2.32. The number of rotatable bonds is 2. The number of alkyl halides is 3. The predicted molar refractivity (Wildman–Crippen MR) is 88.7 cm³/mol. The number of hydrogen-bond donors (Lipinski definition) is 1. The van der Waals surface area contributed by atoms with Crippen molar-refractivity contribution in [2.45, 2.75) is 51.4 Å². The number of carbonyl (C=O) groups excluding carboxylic acids is 1. The molecule has 140 valence electrons. The van der Waals surface area contributed by atoms with Crippen molar-refractivity contribution >= 4 is 23.5 Å². The van der Waals surface area contributed by atoms with Crippen LogP contribution < -0.4 is 5.32 Å². The van der Waals surface area contributed by atoms with E-state index in [1.807, 2.05) is 0 Å². The highest BCUT2D eigenvalue weighted by molar-refractivity contribution is 6.33. The van der Waals surface area contributed by atoms with Crippen molar-refractivity contribution in [3.8, 4) is 0 Å². The smallest absolute Gasteiger partial charge is 0.417 e. The van der Waals surface area contributed by atoms with Crippen LogP contribution in [0.15, 0.2) is 12.3 Å². The first-order valence-corrected chi connectivity index (χ1v) is 8.31. The van der Waals surface area contributed by atoms with Gasteiger partial charge < -0.3 is 15.0 Å². The van der Waals surface area contributed by atoms with Crippen LogP contribution in [-0.2, 0) is 10.9 Å². The van der Waals surface area contributed by atoms with E-state index in [1.165, 1.54) is 0 Å². The fraction of sp³-hybridized carbons (Fsp3) is 0.625. The van der Waals surface area contributed by atoms with Gasteiger partial charge in [-0.3, -0.25) is 0 Å². The SMILES string of the molecule is CC(C)(C)OC(=O)N1CCC[C@H](Nc2ncc(C(F)(F)F)cc2Cl)C1. The van der Waals surface area contributed by atoms with Gasteiger partial charge in [0.2, 0.25) is 0 Å². The maximum absolute atomic E-state index is 12.7. The molecule has 1 saturated heterocycles. The molecule has 1 aliphatic rings. The van der Waals surface area contributed by atoms with Crippen LogP contribution in [0.25, 0.3) is 0 Å². The van der Waals surface area contributed by atoms with Crippen molar-refractivity contribution in [1.29, 1.82) is 0 Å². The summed E-state index contributed by atoms with van der Waals surface area (Å²) in [5.74, 6) is 0.172. The zero-order valence-corrected chi connectivity index (χ0v) is 15.0. The third-order valence-corrected chi connectivity index (χ3v) is 3.87. The molecule has 1 atom stereocenters. The first-order valence-electron chi connectivity index (χ1n) is 7.93. The maximum Gasteiger partial charge on any atom is 0.417 e. The van der Waals surface area contributed by atoms with Crippen molar-refractivity contribution < 1.29 is 22.7 Å². The van der Waals surface area contributed by atoms with E-state index in [2.05, 4.69) is 10.3 Å². The molecule has 5 nitrogen and oxygen atoms in total. The van der Waals surface area contributed by atoms with E-state index in [1.54, 1.807) is 25.7 Å². The Labute approximate surface area is 149 Å². The molecule has 0 saturated carbocycles. The van der Waals surface area contributed by atoms with Gasteiger partial charge in [-0.1, -0.05) is 11.6 Å². The van der Waals surface area contributed by atoms with Gasteiger partial charge in [-0.2, -0.15) is 13.2 Å². The second-order valence-electron chi connectivity index (χ2n) is 6.96. The number of nitrogens with zero attached hydrogens (tertiary/aromatic N) is 2. The van der Waals surface area contributed by atoms with Gasteiger partial charge in [0.1, 0.15) is 11.4 Å². The zero-order chi connectivity index (χ0) is 18.8.